The smallest absolute Gasteiger partial charge is 0.189 e. The van der Waals surface area contributed by atoms with Crippen LogP contribution in [0.2, 0.25) is 0 Å². The van der Waals surface area contributed by atoms with Crippen molar-refractivity contribution in [1.82, 2.24) is 10.2 Å². The first kappa shape index (κ1) is 28.5. The van der Waals surface area contributed by atoms with Gasteiger partial charge in [-0.05, 0) is 106 Å². The van der Waals surface area contributed by atoms with Crippen molar-refractivity contribution in [1.29, 1.82) is 0 Å². The van der Waals surface area contributed by atoms with Gasteiger partial charge in [0.2, 0.25) is 0 Å². The first-order chi connectivity index (χ1) is 19.0. The fourth-order valence-corrected chi connectivity index (χ4v) is 6.71. The third-order valence-corrected chi connectivity index (χ3v) is 8.51. The van der Waals surface area contributed by atoms with Crippen LogP contribution in [0.1, 0.15) is 61.0 Å². The Morgan fingerprint density at radius 2 is 1.90 bits per heavy atom. The molecule has 2 heterocycles. The van der Waals surface area contributed by atoms with E-state index in [0.717, 1.165) is 56.9 Å². The van der Waals surface area contributed by atoms with Gasteiger partial charge in [-0.25, -0.2) is 4.39 Å². The number of aliphatic hydroxyl groups is 2. The van der Waals surface area contributed by atoms with Gasteiger partial charge in [0.25, 0.3) is 0 Å². The van der Waals surface area contributed by atoms with E-state index in [4.69, 9.17) is 0 Å². The van der Waals surface area contributed by atoms with Gasteiger partial charge in [-0.1, -0.05) is 24.3 Å². The maximum absolute atomic E-state index is 14.8. The lowest BCUT2D eigenvalue weighted by atomic mass is 9.67. The van der Waals surface area contributed by atoms with Gasteiger partial charge in [-0.3, -0.25) is 4.79 Å². The number of phenolic OH excluding ortho intramolecular Hbond substituents is 1. The van der Waals surface area contributed by atoms with E-state index in [2.05, 4.69) is 10.2 Å². The number of allylic oxidation sites excluding steroid dienone is 2. The molecule has 4 N–H and O–H groups in total. The molecule has 2 saturated heterocycles. The number of halogens is 1. The lowest BCUT2D eigenvalue weighted by Crippen LogP contribution is -2.39. The number of hydrogen-bond donors (Lipinski definition) is 4. The highest BCUT2D eigenvalue weighted by Crippen LogP contribution is 2.50. The highest BCUT2D eigenvalue weighted by atomic mass is 19.1. The molecule has 0 spiro atoms. The Balaban J connectivity index is 1.66. The van der Waals surface area contributed by atoms with Crippen LogP contribution in [0.3, 0.4) is 0 Å². The van der Waals surface area contributed by atoms with Crippen molar-refractivity contribution in [2.24, 2.45) is 11.8 Å². The first-order valence-corrected chi connectivity index (χ1v) is 14.3. The summed E-state index contributed by atoms with van der Waals surface area (Å²) < 4.78 is 14.8. The zero-order valence-electron chi connectivity index (χ0n) is 23.6. The number of nitrogens with zero attached hydrogens (tertiary/aromatic N) is 1. The van der Waals surface area contributed by atoms with Gasteiger partial charge in [-0.2, -0.15) is 0 Å². The van der Waals surface area contributed by atoms with Gasteiger partial charge in [0.05, 0.1) is 5.60 Å². The molecule has 0 saturated carbocycles. The highest BCUT2D eigenvalue weighted by molar-refractivity contribution is 6.15. The van der Waals surface area contributed by atoms with Gasteiger partial charge < -0.3 is 25.5 Å². The maximum Gasteiger partial charge on any atom is 0.189 e. The summed E-state index contributed by atoms with van der Waals surface area (Å²) in [5, 5.41) is 36.2. The second-order valence-corrected chi connectivity index (χ2v) is 12.2. The van der Waals surface area contributed by atoms with Gasteiger partial charge in [0, 0.05) is 42.3 Å². The van der Waals surface area contributed by atoms with Crippen LogP contribution in [-0.2, 0) is 0 Å². The zero-order valence-corrected chi connectivity index (χ0v) is 23.6. The number of carbonyl (C=O) groups excluding carboxylic acids is 1. The van der Waals surface area contributed by atoms with E-state index in [1.165, 1.54) is 18.2 Å². The van der Waals surface area contributed by atoms with E-state index in [1.807, 2.05) is 0 Å². The molecular formula is C33H40FN2O4. The van der Waals surface area contributed by atoms with Gasteiger partial charge in [-0.15, -0.1) is 0 Å². The molecule has 213 valence electrons. The fourth-order valence-electron chi connectivity index (χ4n) is 6.71. The molecule has 0 bridgehead atoms. The van der Waals surface area contributed by atoms with E-state index in [-0.39, 0.29) is 29.1 Å². The quantitative estimate of drug-likeness (QED) is 0.349. The monoisotopic (exact) mass is 547 g/mol. The van der Waals surface area contributed by atoms with Crippen LogP contribution >= 0.6 is 0 Å². The van der Waals surface area contributed by atoms with E-state index in [0.29, 0.717) is 40.8 Å². The third-order valence-electron chi connectivity index (χ3n) is 8.51. The summed E-state index contributed by atoms with van der Waals surface area (Å²) in [6.07, 6.45) is 3.11. The largest absolute Gasteiger partial charge is 0.508 e. The molecule has 7 heteroatoms. The predicted octanol–water partition coefficient (Wildman–Crippen LogP) is 5.36. The van der Waals surface area contributed by atoms with Crippen LogP contribution in [0.15, 0.2) is 59.4 Å². The number of β-amino-alcohol motifs (C(OH)–C–C–N with tert-alkyl or cyclic N) is 1. The lowest BCUT2D eigenvalue weighted by Gasteiger charge is -2.38. The van der Waals surface area contributed by atoms with Crippen LogP contribution in [0.25, 0.3) is 5.57 Å². The number of rotatable bonds is 7. The van der Waals surface area contributed by atoms with Crippen LogP contribution in [0, 0.1) is 30.5 Å². The third kappa shape index (κ3) is 5.87. The van der Waals surface area contributed by atoms with Crippen LogP contribution < -0.4 is 5.32 Å². The SMILES string of the molecule is Cc1c(F)cccc1C1=C(C(=O)c2cccc(O)c2)C[C]([C@@H]2CCN(CC(C)(C)O)C2)C(C2CCCNC2)=C1O. The molecule has 40 heavy (non-hydrogen) atoms. The predicted molar refractivity (Wildman–Crippen MR) is 154 cm³/mol. The second kappa shape index (κ2) is 11.5. The van der Waals surface area contributed by atoms with Crippen molar-refractivity contribution in [3.05, 3.63) is 87.8 Å². The fraction of sp³-hybridized carbons (Fsp3) is 0.455. The Bertz CT molecular complexity index is 1340. The van der Waals surface area contributed by atoms with E-state index in [1.54, 1.807) is 45.0 Å². The molecule has 2 aliphatic heterocycles. The number of aromatic hydroxyl groups is 1. The molecule has 1 aliphatic carbocycles. The summed E-state index contributed by atoms with van der Waals surface area (Å²) in [7, 11) is 0. The van der Waals surface area contributed by atoms with Crippen molar-refractivity contribution in [2.75, 3.05) is 32.7 Å². The number of hydrogen-bond acceptors (Lipinski definition) is 6. The number of Topliss-reactive ketones (excluding diaryl/α,β-unsaturated/α-hetero) is 1. The summed E-state index contributed by atoms with van der Waals surface area (Å²) in [6.45, 7) is 9.05. The number of nitrogens with one attached hydrogen (secondary N) is 1. The van der Waals surface area contributed by atoms with Gasteiger partial charge >= 0.3 is 0 Å². The molecule has 2 aromatic rings. The molecule has 6 nitrogen and oxygen atoms in total. The minimum atomic E-state index is -0.821. The average molecular weight is 548 g/mol. The molecule has 3 aliphatic rings. The molecule has 5 rings (SSSR count). The molecule has 0 amide bonds. The Hall–Kier alpha value is -3.00. The molecule has 0 aromatic heterocycles. The normalized spacial score (nSPS) is 23.2. The van der Waals surface area contributed by atoms with E-state index < -0.39 is 11.4 Å². The number of likely N-dealkylation sites (tertiary alicyclic amines) is 1. The van der Waals surface area contributed by atoms with Crippen LogP contribution in [-0.4, -0.2) is 64.3 Å². The van der Waals surface area contributed by atoms with Gasteiger partial charge in [0.15, 0.2) is 5.78 Å². The van der Waals surface area contributed by atoms with Crippen LogP contribution in [0.4, 0.5) is 4.39 Å². The van der Waals surface area contributed by atoms with Crippen molar-refractivity contribution >= 4 is 11.4 Å². The Kier molecular flexibility index (Phi) is 8.18. The number of aliphatic hydroxyl groups excluding tert-OH is 1. The maximum atomic E-state index is 14.8. The van der Waals surface area contributed by atoms with E-state index >= 15 is 0 Å². The minimum Gasteiger partial charge on any atom is -0.508 e. The number of ketones is 1. The summed E-state index contributed by atoms with van der Waals surface area (Å²) in [5.41, 5.74) is 2.09. The zero-order chi connectivity index (χ0) is 28.6. The number of piperidine rings is 1. The number of phenols is 1. The van der Waals surface area contributed by atoms with Crippen molar-refractivity contribution in [3.8, 4) is 5.75 Å². The molecule has 2 atom stereocenters. The van der Waals surface area contributed by atoms with Crippen molar-refractivity contribution in [3.63, 3.8) is 0 Å². The summed E-state index contributed by atoms with van der Waals surface area (Å²) in [5.74, 6) is 0.624. The number of benzene rings is 2. The second-order valence-electron chi connectivity index (χ2n) is 12.2. The summed E-state index contributed by atoms with van der Waals surface area (Å²) in [6, 6.07) is 11.0. The average Bonchev–Trinajstić information content (AvgIpc) is 3.37. The van der Waals surface area contributed by atoms with Crippen molar-refractivity contribution in [2.45, 2.75) is 52.1 Å². The molecule has 2 fully saturated rings. The number of carbonyl (C=O) groups is 1. The van der Waals surface area contributed by atoms with Crippen molar-refractivity contribution < 1.29 is 24.5 Å². The van der Waals surface area contributed by atoms with Gasteiger partial charge in [0.1, 0.15) is 17.3 Å². The Morgan fingerprint density at radius 3 is 2.60 bits per heavy atom. The lowest BCUT2D eigenvalue weighted by molar-refractivity contribution is 0.0429. The minimum absolute atomic E-state index is 0.0123. The Labute approximate surface area is 236 Å². The van der Waals surface area contributed by atoms with Crippen LogP contribution in [0.5, 0.6) is 5.75 Å². The highest BCUT2D eigenvalue weighted by Gasteiger charge is 2.43. The van der Waals surface area contributed by atoms with E-state index in [9.17, 15) is 24.5 Å². The summed E-state index contributed by atoms with van der Waals surface area (Å²) in [4.78, 5) is 16.4. The molecule has 1 radical (unpaired) electrons. The standard InChI is InChI=1S/C33H40FN2O4/c1-20-25(10-5-11-28(20)34)30-27(31(38)21-7-4-9-24(37)15-21)16-26(23-12-14-36(18-23)19-33(2,3)40)29(32(30)39)22-8-6-13-35-17-22/h4-5,7,9-11,15,22-23,35,37,39-40H,6,8,12-14,16-19H2,1-3H3/t22?,23-/m1/s1. The molecule has 2 aromatic carbocycles. The topological polar surface area (TPSA) is 93.0 Å². The molecule has 1 unspecified atom stereocenters. The Morgan fingerprint density at radius 1 is 1.12 bits per heavy atom. The first-order valence-electron chi connectivity index (χ1n) is 14.3. The molecular weight excluding hydrogens is 507 g/mol. The summed E-state index contributed by atoms with van der Waals surface area (Å²) >= 11 is 0.